The zero-order valence-electron chi connectivity index (χ0n) is 37.4. The average Bonchev–Trinajstić information content (AvgIpc) is 3.70. The Morgan fingerprint density at radius 2 is 1.02 bits per heavy atom. The first-order valence-corrected chi connectivity index (χ1v) is 20.8. The normalized spacial score (nSPS) is 15.0. The summed E-state index contributed by atoms with van der Waals surface area (Å²) >= 11 is 0. The highest BCUT2D eigenvalue weighted by Gasteiger charge is 2.26. The minimum absolute atomic E-state index is 0.0304. The lowest BCUT2D eigenvalue weighted by molar-refractivity contribution is -0.122. The molecule has 1 aromatic carbocycles. The quantitative estimate of drug-likeness (QED) is 0.213. The summed E-state index contributed by atoms with van der Waals surface area (Å²) < 4.78 is 18.3. The van der Waals surface area contributed by atoms with Crippen LogP contribution < -0.4 is 0 Å². The van der Waals surface area contributed by atoms with Gasteiger partial charge in [-0.2, -0.15) is 0 Å². The van der Waals surface area contributed by atoms with Crippen LogP contribution in [-0.2, 0) is 32.0 Å². The number of ketones is 4. The zero-order chi connectivity index (χ0) is 42.2. The van der Waals surface area contributed by atoms with E-state index in [0.29, 0.717) is 42.3 Å². The minimum atomic E-state index is -0.284. The van der Waals surface area contributed by atoms with Gasteiger partial charge in [-0.3, -0.25) is 19.2 Å². The summed E-state index contributed by atoms with van der Waals surface area (Å²) in [5.41, 5.74) is 2.61. The summed E-state index contributed by atoms with van der Waals surface area (Å²) in [6, 6.07) is 6.69. The molecule has 2 saturated carbocycles. The third kappa shape index (κ3) is 28.1. The Labute approximate surface area is 335 Å². The fourth-order valence-electron chi connectivity index (χ4n) is 6.75. The van der Waals surface area contributed by atoms with Crippen molar-refractivity contribution in [2.45, 2.75) is 193 Å². The van der Waals surface area contributed by atoms with Crippen molar-refractivity contribution in [2.24, 2.45) is 33.5 Å². The maximum absolute atomic E-state index is 13.4. The molecule has 0 spiro atoms. The van der Waals surface area contributed by atoms with Gasteiger partial charge in [-0.15, -0.1) is 0 Å². The van der Waals surface area contributed by atoms with Gasteiger partial charge in [0.1, 0.15) is 34.7 Å². The van der Waals surface area contributed by atoms with E-state index in [2.05, 4.69) is 67.5 Å². The van der Waals surface area contributed by atoms with E-state index in [1.165, 1.54) is 51.0 Å². The number of hydrogen-bond donors (Lipinski definition) is 0. The van der Waals surface area contributed by atoms with Crippen LogP contribution in [0.2, 0.25) is 0 Å². The first-order chi connectivity index (χ1) is 25.1. The van der Waals surface area contributed by atoms with Gasteiger partial charge in [0.25, 0.3) is 0 Å². The van der Waals surface area contributed by atoms with Crippen LogP contribution in [0, 0.1) is 53.2 Å². The van der Waals surface area contributed by atoms with Crippen molar-refractivity contribution in [2.75, 3.05) is 0 Å². The number of Topliss-reactive ketones (excluding diaryl/α,β-unsaturated/α-hetero) is 4. The molecule has 2 aliphatic rings. The molecule has 0 radical (unpaired) electrons. The lowest BCUT2D eigenvalue weighted by Gasteiger charge is -2.23. The topological polar surface area (TPSA) is 94.3 Å². The van der Waals surface area contributed by atoms with Crippen molar-refractivity contribution in [3.05, 3.63) is 52.7 Å². The van der Waals surface area contributed by atoms with E-state index in [1.54, 1.807) is 18.2 Å². The number of rotatable bonds is 12. The molecule has 0 bridgehead atoms. The highest BCUT2D eigenvalue weighted by Crippen LogP contribution is 2.34. The Bertz CT molecular complexity index is 1480. The van der Waals surface area contributed by atoms with E-state index in [-0.39, 0.29) is 45.5 Å². The molecule has 1 aromatic heterocycles. The van der Waals surface area contributed by atoms with Gasteiger partial charge in [0.2, 0.25) is 0 Å². The minimum Gasteiger partial charge on any atom is -0.361 e. The lowest BCUT2D eigenvalue weighted by atomic mass is 9.82. The van der Waals surface area contributed by atoms with Crippen molar-refractivity contribution >= 4 is 23.1 Å². The highest BCUT2D eigenvalue weighted by molar-refractivity contribution is 5.82. The first kappa shape index (κ1) is 50.1. The molecule has 2 fully saturated rings. The third-order valence-electron chi connectivity index (χ3n) is 9.01. The SMILES string of the molecule is CC(C)(C)CC(=O)CC1CC1.CC(C)(C)CC(=O)CC1CCCCC1.Cc1cc(CC(=O)CC(C)(C)C)no1.Cc1ccc(F)c(CC(=O)CC(C)(C)C)c1. The number of nitrogens with zero attached hydrogens (tertiary/aromatic N) is 1. The Kier molecular flexibility index (Phi) is 20.7. The second kappa shape index (κ2) is 22.7. The van der Waals surface area contributed by atoms with Gasteiger partial charge in [0.15, 0.2) is 0 Å². The number of aromatic nitrogens is 1. The molecule has 0 atom stereocenters. The molecule has 7 heteroatoms. The maximum Gasteiger partial charge on any atom is 0.139 e. The molecule has 312 valence electrons. The summed E-state index contributed by atoms with van der Waals surface area (Å²) in [5.74, 6) is 3.17. The van der Waals surface area contributed by atoms with E-state index >= 15 is 0 Å². The summed E-state index contributed by atoms with van der Waals surface area (Å²) in [7, 11) is 0. The second-order valence-electron chi connectivity index (χ2n) is 21.3. The summed E-state index contributed by atoms with van der Waals surface area (Å²) in [4.78, 5) is 46.3. The van der Waals surface area contributed by atoms with Gasteiger partial charge >= 0.3 is 0 Å². The fraction of sp³-hybridized carbons (Fsp3) is 0.729. The van der Waals surface area contributed by atoms with Gasteiger partial charge in [0, 0.05) is 51.0 Å². The third-order valence-corrected chi connectivity index (χ3v) is 9.01. The molecular weight excluding hydrogens is 690 g/mol. The van der Waals surface area contributed by atoms with E-state index in [0.717, 1.165) is 48.6 Å². The monoisotopic (exact) mass is 768 g/mol. The summed E-state index contributed by atoms with van der Waals surface area (Å²) in [6.45, 7) is 28.7. The maximum atomic E-state index is 13.4. The standard InChI is InChI=1S/C14H19FO.C13H24O.C11H17NO2.C10H18O/c1-10-5-6-13(15)11(7-10)8-12(16)9-14(2,3)4;1-13(2,3)10-12(14)9-11-7-5-4-6-8-11;1-8-5-9(12-14-8)6-10(13)7-11(2,3)4;1-10(2,3)7-9(11)6-8-4-5-8/h5-7H,8-9H2,1-4H3;11H,4-10H2,1-3H3;5H,6-7H2,1-4H3;8H,4-7H2,1-3H3. The van der Waals surface area contributed by atoms with Gasteiger partial charge < -0.3 is 4.52 Å². The van der Waals surface area contributed by atoms with Crippen LogP contribution in [0.5, 0.6) is 0 Å². The van der Waals surface area contributed by atoms with Crippen LogP contribution in [0.4, 0.5) is 4.39 Å². The van der Waals surface area contributed by atoms with Crippen molar-refractivity contribution in [3.63, 3.8) is 0 Å². The highest BCUT2D eigenvalue weighted by atomic mass is 19.1. The molecule has 0 N–H and O–H groups in total. The summed E-state index contributed by atoms with van der Waals surface area (Å²) in [6.07, 6.45) is 14.1. The second-order valence-corrected chi connectivity index (χ2v) is 21.3. The van der Waals surface area contributed by atoms with Gasteiger partial charge in [0.05, 0.1) is 12.1 Å². The van der Waals surface area contributed by atoms with Gasteiger partial charge in [-0.1, -0.05) is 138 Å². The Morgan fingerprint density at radius 3 is 1.42 bits per heavy atom. The molecule has 55 heavy (non-hydrogen) atoms. The fourth-order valence-corrected chi connectivity index (χ4v) is 6.75. The lowest BCUT2D eigenvalue weighted by Crippen LogP contribution is -2.17. The van der Waals surface area contributed by atoms with Crippen LogP contribution in [0.3, 0.4) is 0 Å². The molecule has 0 unspecified atom stereocenters. The molecule has 2 aromatic rings. The molecule has 0 amide bonds. The number of benzene rings is 1. The smallest absolute Gasteiger partial charge is 0.139 e. The average molecular weight is 768 g/mol. The van der Waals surface area contributed by atoms with Crippen LogP contribution >= 0.6 is 0 Å². The molecular formula is C48H78FNO5. The molecule has 0 aliphatic heterocycles. The molecule has 2 aliphatic carbocycles. The van der Waals surface area contributed by atoms with Crippen LogP contribution in [-0.4, -0.2) is 28.3 Å². The number of aryl methyl sites for hydroxylation is 2. The van der Waals surface area contributed by atoms with E-state index in [4.69, 9.17) is 4.52 Å². The Morgan fingerprint density at radius 1 is 0.600 bits per heavy atom. The van der Waals surface area contributed by atoms with Crippen molar-refractivity contribution in [1.82, 2.24) is 5.16 Å². The molecule has 6 nitrogen and oxygen atoms in total. The predicted octanol–water partition coefficient (Wildman–Crippen LogP) is 13.0. The molecule has 0 saturated heterocycles. The molecule has 1 heterocycles. The molecule has 4 rings (SSSR count). The van der Waals surface area contributed by atoms with Gasteiger partial charge in [-0.25, -0.2) is 4.39 Å². The largest absolute Gasteiger partial charge is 0.361 e. The first-order valence-electron chi connectivity index (χ1n) is 20.8. The van der Waals surface area contributed by atoms with E-state index in [1.807, 2.05) is 34.6 Å². The van der Waals surface area contributed by atoms with Crippen molar-refractivity contribution < 1.29 is 28.1 Å². The van der Waals surface area contributed by atoms with Crippen LogP contribution in [0.1, 0.15) is 189 Å². The van der Waals surface area contributed by atoms with Gasteiger partial charge in [-0.05, 0) is 71.8 Å². The van der Waals surface area contributed by atoms with E-state index in [9.17, 15) is 23.6 Å². The predicted molar refractivity (Wildman–Crippen MR) is 225 cm³/mol. The number of carbonyl (C=O) groups excluding carboxylic acids is 4. The van der Waals surface area contributed by atoms with Crippen LogP contribution in [0.25, 0.3) is 0 Å². The van der Waals surface area contributed by atoms with E-state index < -0.39 is 0 Å². The zero-order valence-corrected chi connectivity index (χ0v) is 37.4. The van der Waals surface area contributed by atoms with Crippen LogP contribution in [0.15, 0.2) is 28.8 Å². The number of carbonyl (C=O) groups is 4. The van der Waals surface area contributed by atoms with Crippen molar-refractivity contribution in [1.29, 1.82) is 0 Å². The number of halogens is 1. The summed E-state index contributed by atoms with van der Waals surface area (Å²) in [5, 5.41) is 3.79. The number of hydrogen-bond acceptors (Lipinski definition) is 6. The van der Waals surface area contributed by atoms with Crippen molar-refractivity contribution in [3.8, 4) is 0 Å². The Hall–Kier alpha value is -2.96. The Balaban J connectivity index is 0.000000369.